The fourth-order valence-corrected chi connectivity index (χ4v) is 3.70. The molecule has 0 saturated carbocycles. The average molecular weight is 344 g/mol. The van der Waals surface area contributed by atoms with Gasteiger partial charge in [0, 0.05) is 32.7 Å². The number of benzene rings is 1. The maximum atomic E-state index is 12.4. The van der Waals surface area contributed by atoms with E-state index in [1.165, 1.54) is 5.56 Å². The van der Waals surface area contributed by atoms with Gasteiger partial charge in [0.05, 0.1) is 0 Å². The van der Waals surface area contributed by atoms with Crippen molar-refractivity contribution in [3.05, 3.63) is 35.9 Å². The Morgan fingerprint density at radius 3 is 2.88 bits per heavy atom. The number of likely N-dealkylation sites (tertiary alicyclic amines) is 1. The second-order valence-corrected chi connectivity index (χ2v) is 7.08. The molecule has 3 amide bonds. The Morgan fingerprint density at radius 1 is 1.28 bits per heavy atom. The maximum absolute atomic E-state index is 12.4. The molecule has 0 bridgehead atoms. The molecule has 2 N–H and O–H groups in total. The lowest BCUT2D eigenvalue weighted by atomic mass is 9.97. The quantitative estimate of drug-likeness (QED) is 0.868. The molecule has 3 rings (SSSR count). The number of urea groups is 1. The second-order valence-electron chi connectivity index (χ2n) is 7.08. The average Bonchev–Trinajstić information content (AvgIpc) is 2.63. The molecule has 6 nitrogen and oxygen atoms in total. The Labute approximate surface area is 149 Å². The zero-order valence-corrected chi connectivity index (χ0v) is 14.9. The van der Waals surface area contributed by atoms with E-state index in [9.17, 15) is 9.59 Å². The Morgan fingerprint density at radius 2 is 2.08 bits per heavy atom. The molecule has 136 valence electrons. The van der Waals surface area contributed by atoms with Gasteiger partial charge in [0.1, 0.15) is 6.04 Å². The lowest BCUT2D eigenvalue weighted by Gasteiger charge is -2.35. The third-order valence-electron chi connectivity index (χ3n) is 5.15. The van der Waals surface area contributed by atoms with Crippen LogP contribution in [0, 0.1) is 5.92 Å². The summed E-state index contributed by atoms with van der Waals surface area (Å²) in [5.74, 6) is 0.392. The zero-order chi connectivity index (χ0) is 17.6. The molecular formula is C19H28N4O2. The second kappa shape index (κ2) is 8.34. The summed E-state index contributed by atoms with van der Waals surface area (Å²) in [6, 6.07) is 10.00. The van der Waals surface area contributed by atoms with E-state index >= 15 is 0 Å². The highest BCUT2D eigenvalue weighted by molar-refractivity contribution is 5.87. The molecule has 6 heteroatoms. The van der Waals surface area contributed by atoms with E-state index in [0.717, 1.165) is 32.5 Å². The Bertz CT molecular complexity index is 592. The highest BCUT2D eigenvalue weighted by Gasteiger charge is 2.29. The van der Waals surface area contributed by atoms with E-state index in [1.54, 1.807) is 11.8 Å². The van der Waals surface area contributed by atoms with Gasteiger partial charge in [-0.15, -0.1) is 0 Å². The summed E-state index contributed by atoms with van der Waals surface area (Å²) in [5.41, 5.74) is 1.33. The molecule has 0 radical (unpaired) electrons. The summed E-state index contributed by atoms with van der Waals surface area (Å²) >= 11 is 0. The summed E-state index contributed by atoms with van der Waals surface area (Å²) < 4.78 is 0. The van der Waals surface area contributed by atoms with E-state index in [-0.39, 0.29) is 11.9 Å². The van der Waals surface area contributed by atoms with Crippen LogP contribution in [0.4, 0.5) is 4.79 Å². The van der Waals surface area contributed by atoms with Crippen LogP contribution in [0.3, 0.4) is 0 Å². The highest BCUT2D eigenvalue weighted by Crippen LogP contribution is 2.18. The molecule has 2 atom stereocenters. The van der Waals surface area contributed by atoms with Gasteiger partial charge in [-0.2, -0.15) is 0 Å². The molecule has 0 aromatic heterocycles. The fourth-order valence-electron chi connectivity index (χ4n) is 3.70. The van der Waals surface area contributed by atoms with Gasteiger partial charge in [0.2, 0.25) is 5.91 Å². The number of piperazine rings is 1. The highest BCUT2D eigenvalue weighted by atomic mass is 16.2. The number of carbonyl (C=O) groups excluding carboxylic acids is 2. The van der Waals surface area contributed by atoms with Crippen LogP contribution in [-0.4, -0.2) is 60.5 Å². The first-order chi connectivity index (χ1) is 12.1. The van der Waals surface area contributed by atoms with Crippen molar-refractivity contribution in [2.45, 2.75) is 32.4 Å². The van der Waals surface area contributed by atoms with Crippen molar-refractivity contribution in [3.63, 3.8) is 0 Å². The minimum atomic E-state index is -0.394. The number of nitrogens with one attached hydrogen (secondary N) is 2. The predicted octanol–water partition coefficient (Wildman–Crippen LogP) is 1.43. The van der Waals surface area contributed by atoms with Crippen molar-refractivity contribution < 1.29 is 9.59 Å². The minimum Gasteiger partial charge on any atom is -0.353 e. The van der Waals surface area contributed by atoms with Gasteiger partial charge in [-0.1, -0.05) is 30.3 Å². The lowest BCUT2D eigenvalue weighted by molar-refractivity contribution is -0.126. The van der Waals surface area contributed by atoms with E-state index in [1.807, 2.05) is 6.07 Å². The first kappa shape index (κ1) is 17.7. The third kappa shape index (κ3) is 4.72. The van der Waals surface area contributed by atoms with Gasteiger partial charge in [-0.3, -0.25) is 9.69 Å². The molecule has 2 aliphatic heterocycles. The summed E-state index contributed by atoms with van der Waals surface area (Å²) in [7, 11) is 0. The standard InChI is InChI=1S/C19H28N4O2/c1-15-18(24)20-9-11-23(15)19(25)21-12-17-8-5-10-22(14-17)13-16-6-3-2-4-7-16/h2-4,6-7,15,17H,5,8-14H2,1H3,(H,20,24)(H,21,25)/t15-,17-/m0/s1. The van der Waals surface area contributed by atoms with Crippen LogP contribution in [0.5, 0.6) is 0 Å². The van der Waals surface area contributed by atoms with Crippen molar-refractivity contribution in [2.75, 3.05) is 32.7 Å². The predicted molar refractivity (Wildman–Crippen MR) is 97.0 cm³/mol. The van der Waals surface area contributed by atoms with Crippen molar-refractivity contribution in [1.82, 2.24) is 20.4 Å². The smallest absolute Gasteiger partial charge is 0.318 e. The van der Waals surface area contributed by atoms with Gasteiger partial charge in [-0.05, 0) is 37.8 Å². The summed E-state index contributed by atoms with van der Waals surface area (Å²) in [6.07, 6.45) is 2.30. The van der Waals surface area contributed by atoms with Crippen molar-refractivity contribution >= 4 is 11.9 Å². The molecular weight excluding hydrogens is 316 g/mol. The first-order valence-corrected chi connectivity index (χ1v) is 9.22. The van der Waals surface area contributed by atoms with Crippen molar-refractivity contribution in [2.24, 2.45) is 5.92 Å². The van der Waals surface area contributed by atoms with Crippen LogP contribution in [0.15, 0.2) is 30.3 Å². The number of nitrogens with zero attached hydrogens (tertiary/aromatic N) is 2. The zero-order valence-electron chi connectivity index (χ0n) is 14.9. The van der Waals surface area contributed by atoms with E-state index in [2.05, 4.69) is 39.8 Å². The number of carbonyl (C=O) groups is 2. The van der Waals surface area contributed by atoms with Crippen LogP contribution in [0.25, 0.3) is 0 Å². The minimum absolute atomic E-state index is 0.0758. The SMILES string of the molecule is C[C@H]1C(=O)NCCN1C(=O)NC[C@@H]1CCCN(Cc2ccccc2)C1. The summed E-state index contributed by atoms with van der Waals surface area (Å²) in [5, 5.41) is 5.82. The fraction of sp³-hybridized carbons (Fsp3) is 0.579. The number of rotatable bonds is 4. The lowest BCUT2D eigenvalue weighted by Crippen LogP contribution is -2.58. The Hall–Kier alpha value is -2.08. The molecule has 2 fully saturated rings. The molecule has 2 aliphatic rings. The number of hydrogen-bond donors (Lipinski definition) is 2. The number of piperidine rings is 1. The summed E-state index contributed by atoms with van der Waals surface area (Å²) in [6.45, 7) is 6.64. The maximum Gasteiger partial charge on any atom is 0.318 e. The monoisotopic (exact) mass is 344 g/mol. The molecule has 0 unspecified atom stereocenters. The summed E-state index contributed by atoms with van der Waals surface area (Å²) in [4.78, 5) is 28.2. The van der Waals surface area contributed by atoms with E-state index < -0.39 is 6.04 Å². The molecule has 0 spiro atoms. The Kier molecular flexibility index (Phi) is 5.91. The molecule has 2 saturated heterocycles. The van der Waals surface area contributed by atoms with Crippen LogP contribution in [-0.2, 0) is 11.3 Å². The van der Waals surface area contributed by atoms with Crippen LogP contribution < -0.4 is 10.6 Å². The van der Waals surface area contributed by atoms with Gasteiger partial charge in [-0.25, -0.2) is 4.79 Å². The number of amides is 3. The molecule has 1 aromatic carbocycles. The third-order valence-corrected chi connectivity index (χ3v) is 5.15. The Balaban J connectivity index is 1.46. The molecule has 1 aromatic rings. The van der Waals surface area contributed by atoms with Gasteiger partial charge < -0.3 is 15.5 Å². The number of hydrogen-bond acceptors (Lipinski definition) is 3. The van der Waals surface area contributed by atoms with Gasteiger partial charge in [0.15, 0.2) is 0 Å². The van der Waals surface area contributed by atoms with Crippen molar-refractivity contribution in [3.8, 4) is 0 Å². The first-order valence-electron chi connectivity index (χ1n) is 9.22. The van der Waals surface area contributed by atoms with Crippen LogP contribution in [0.1, 0.15) is 25.3 Å². The normalized spacial score (nSPS) is 24.7. The molecule has 2 heterocycles. The molecule has 25 heavy (non-hydrogen) atoms. The van der Waals surface area contributed by atoms with Gasteiger partial charge >= 0.3 is 6.03 Å². The van der Waals surface area contributed by atoms with E-state index in [4.69, 9.17) is 0 Å². The largest absolute Gasteiger partial charge is 0.353 e. The topological polar surface area (TPSA) is 64.7 Å². The molecule has 0 aliphatic carbocycles. The van der Waals surface area contributed by atoms with Crippen LogP contribution in [0.2, 0.25) is 0 Å². The van der Waals surface area contributed by atoms with Crippen LogP contribution >= 0.6 is 0 Å². The van der Waals surface area contributed by atoms with Gasteiger partial charge in [0.25, 0.3) is 0 Å². The van der Waals surface area contributed by atoms with Crippen molar-refractivity contribution in [1.29, 1.82) is 0 Å². The van der Waals surface area contributed by atoms with E-state index in [0.29, 0.717) is 25.6 Å².